The van der Waals surface area contributed by atoms with Crippen LogP contribution in [0.15, 0.2) is 17.0 Å². The number of hydrogen-bond donors (Lipinski definition) is 1. The number of aryl methyl sites for hydroxylation is 1. The first-order chi connectivity index (χ1) is 5.15. The van der Waals surface area contributed by atoms with Crippen LogP contribution in [0.2, 0.25) is 0 Å². The molecule has 0 fully saturated rings. The molecule has 1 aromatic carbocycles. The van der Waals surface area contributed by atoms with Crippen molar-refractivity contribution < 1.29 is 0 Å². The van der Waals surface area contributed by atoms with Gasteiger partial charge in [-0.15, -0.1) is 11.8 Å². The minimum Gasteiger partial charge on any atom is -0.398 e. The molecule has 1 nitrogen and oxygen atoms in total. The molecular weight excluding hydrogens is 154 g/mol. The van der Waals surface area contributed by atoms with Gasteiger partial charge >= 0.3 is 0 Å². The van der Waals surface area contributed by atoms with Crippen molar-refractivity contribution >= 4 is 17.4 Å². The Morgan fingerprint density at radius 1 is 1.27 bits per heavy atom. The average molecular weight is 167 g/mol. The highest BCUT2D eigenvalue weighted by Crippen LogP contribution is 2.25. The van der Waals surface area contributed by atoms with Gasteiger partial charge in [0.15, 0.2) is 0 Å². The predicted molar refractivity (Wildman–Crippen MR) is 52.1 cm³/mol. The summed E-state index contributed by atoms with van der Waals surface area (Å²) in [5.74, 6) is 0. The zero-order valence-corrected chi connectivity index (χ0v) is 7.96. The number of hydrogen-bond acceptors (Lipinski definition) is 2. The summed E-state index contributed by atoms with van der Waals surface area (Å²) in [4.78, 5) is 1.28. The van der Waals surface area contributed by atoms with Crippen LogP contribution in [-0.2, 0) is 0 Å². The molecule has 2 heteroatoms. The third-order valence-electron chi connectivity index (χ3n) is 1.76. The van der Waals surface area contributed by atoms with Gasteiger partial charge in [-0.3, -0.25) is 0 Å². The lowest BCUT2D eigenvalue weighted by Crippen LogP contribution is -1.92. The summed E-state index contributed by atoms with van der Waals surface area (Å²) in [5.41, 5.74) is 9.11. The summed E-state index contributed by atoms with van der Waals surface area (Å²) in [6.45, 7) is 4.12. The van der Waals surface area contributed by atoms with E-state index in [1.165, 1.54) is 16.0 Å². The Kier molecular flexibility index (Phi) is 2.45. The van der Waals surface area contributed by atoms with Gasteiger partial charge in [0.25, 0.3) is 0 Å². The van der Waals surface area contributed by atoms with Crippen molar-refractivity contribution in [2.75, 3.05) is 12.0 Å². The normalized spacial score (nSPS) is 10.1. The maximum Gasteiger partial charge on any atom is 0.0357 e. The molecule has 0 aliphatic heterocycles. The Morgan fingerprint density at radius 2 is 1.91 bits per heavy atom. The smallest absolute Gasteiger partial charge is 0.0357 e. The monoisotopic (exact) mass is 167 g/mol. The van der Waals surface area contributed by atoms with Gasteiger partial charge in [-0.1, -0.05) is 0 Å². The van der Waals surface area contributed by atoms with Crippen molar-refractivity contribution in [1.82, 2.24) is 0 Å². The highest BCUT2D eigenvalue weighted by molar-refractivity contribution is 7.98. The zero-order chi connectivity index (χ0) is 8.43. The van der Waals surface area contributed by atoms with E-state index in [-0.39, 0.29) is 0 Å². The highest BCUT2D eigenvalue weighted by atomic mass is 32.2. The molecule has 0 unspecified atom stereocenters. The quantitative estimate of drug-likeness (QED) is 0.514. The number of nitrogen functional groups attached to an aromatic ring is 1. The van der Waals surface area contributed by atoms with Gasteiger partial charge in [0.05, 0.1) is 0 Å². The van der Waals surface area contributed by atoms with Gasteiger partial charge in [0, 0.05) is 10.6 Å². The van der Waals surface area contributed by atoms with E-state index in [1.54, 1.807) is 11.8 Å². The van der Waals surface area contributed by atoms with Crippen LogP contribution in [0.4, 0.5) is 5.69 Å². The van der Waals surface area contributed by atoms with Crippen LogP contribution in [0, 0.1) is 13.8 Å². The Hall–Kier alpha value is -0.630. The molecule has 0 aliphatic rings. The summed E-state index contributed by atoms with van der Waals surface area (Å²) >= 11 is 1.74. The standard InChI is InChI=1S/C9H13NS/c1-6-4-8(10)7(2)9(5-6)11-3/h4-5H,10H2,1-3H3. The van der Waals surface area contributed by atoms with Crippen molar-refractivity contribution in [2.45, 2.75) is 18.7 Å². The predicted octanol–water partition coefficient (Wildman–Crippen LogP) is 2.61. The Bertz CT molecular complexity index is 269. The van der Waals surface area contributed by atoms with Crippen LogP contribution >= 0.6 is 11.8 Å². The minimum atomic E-state index is 0.898. The van der Waals surface area contributed by atoms with Gasteiger partial charge in [-0.2, -0.15) is 0 Å². The molecular formula is C9H13NS. The summed E-state index contributed by atoms with van der Waals surface area (Å²) in [6.07, 6.45) is 2.07. The lowest BCUT2D eigenvalue weighted by atomic mass is 10.1. The Balaban J connectivity index is 3.24. The molecule has 60 valence electrons. The Labute approximate surface area is 72.0 Å². The molecule has 0 bridgehead atoms. The third kappa shape index (κ3) is 1.69. The SMILES string of the molecule is CSc1cc(C)cc(N)c1C. The first-order valence-electron chi connectivity index (χ1n) is 3.56. The molecule has 11 heavy (non-hydrogen) atoms. The Morgan fingerprint density at radius 3 is 2.45 bits per heavy atom. The summed E-state index contributed by atoms with van der Waals surface area (Å²) < 4.78 is 0. The fourth-order valence-corrected chi connectivity index (χ4v) is 1.79. The first-order valence-corrected chi connectivity index (χ1v) is 4.78. The molecule has 0 heterocycles. The van der Waals surface area contributed by atoms with Crippen LogP contribution in [-0.4, -0.2) is 6.26 Å². The van der Waals surface area contributed by atoms with Crippen LogP contribution in [0.25, 0.3) is 0 Å². The van der Waals surface area contributed by atoms with E-state index in [0.717, 1.165) is 5.69 Å². The fourth-order valence-electron chi connectivity index (χ4n) is 1.06. The summed E-state index contributed by atoms with van der Waals surface area (Å²) in [5, 5.41) is 0. The fraction of sp³-hybridized carbons (Fsp3) is 0.333. The molecule has 0 aliphatic carbocycles. The summed E-state index contributed by atoms with van der Waals surface area (Å²) in [6, 6.07) is 4.17. The second-order valence-corrected chi connectivity index (χ2v) is 3.53. The molecule has 0 radical (unpaired) electrons. The maximum atomic E-state index is 5.78. The number of anilines is 1. The topological polar surface area (TPSA) is 26.0 Å². The van der Waals surface area contributed by atoms with E-state index in [1.807, 2.05) is 6.07 Å². The lowest BCUT2D eigenvalue weighted by Gasteiger charge is -2.06. The first kappa shape index (κ1) is 8.47. The molecule has 0 saturated heterocycles. The van der Waals surface area contributed by atoms with Crippen molar-refractivity contribution in [3.63, 3.8) is 0 Å². The molecule has 0 amide bonds. The van der Waals surface area contributed by atoms with E-state index in [9.17, 15) is 0 Å². The van der Waals surface area contributed by atoms with E-state index in [2.05, 4.69) is 26.2 Å². The van der Waals surface area contributed by atoms with Crippen LogP contribution in [0.5, 0.6) is 0 Å². The zero-order valence-electron chi connectivity index (χ0n) is 7.14. The van der Waals surface area contributed by atoms with Crippen molar-refractivity contribution in [2.24, 2.45) is 0 Å². The van der Waals surface area contributed by atoms with Gasteiger partial charge in [-0.05, 0) is 43.4 Å². The number of nitrogens with two attached hydrogens (primary N) is 1. The van der Waals surface area contributed by atoms with Crippen LogP contribution < -0.4 is 5.73 Å². The molecule has 2 N–H and O–H groups in total. The molecule has 0 spiro atoms. The van der Waals surface area contributed by atoms with Crippen LogP contribution in [0.3, 0.4) is 0 Å². The highest BCUT2D eigenvalue weighted by Gasteiger charge is 2.00. The molecule has 0 saturated carbocycles. The van der Waals surface area contributed by atoms with E-state index in [4.69, 9.17) is 5.73 Å². The number of benzene rings is 1. The number of thioether (sulfide) groups is 1. The molecule has 1 aromatic rings. The molecule has 0 aromatic heterocycles. The third-order valence-corrected chi connectivity index (χ3v) is 2.63. The van der Waals surface area contributed by atoms with Crippen molar-refractivity contribution in [1.29, 1.82) is 0 Å². The van der Waals surface area contributed by atoms with Crippen molar-refractivity contribution in [3.05, 3.63) is 23.3 Å². The van der Waals surface area contributed by atoms with E-state index in [0.29, 0.717) is 0 Å². The summed E-state index contributed by atoms with van der Waals surface area (Å²) in [7, 11) is 0. The second kappa shape index (κ2) is 3.18. The van der Waals surface area contributed by atoms with Gasteiger partial charge in [0.1, 0.15) is 0 Å². The largest absolute Gasteiger partial charge is 0.398 e. The van der Waals surface area contributed by atoms with Gasteiger partial charge in [0.2, 0.25) is 0 Å². The molecule has 0 atom stereocenters. The lowest BCUT2D eigenvalue weighted by molar-refractivity contribution is 1.27. The second-order valence-electron chi connectivity index (χ2n) is 2.68. The maximum absolute atomic E-state index is 5.78. The van der Waals surface area contributed by atoms with Gasteiger partial charge in [-0.25, -0.2) is 0 Å². The average Bonchev–Trinajstić information content (AvgIpc) is 1.96. The number of rotatable bonds is 1. The van der Waals surface area contributed by atoms with Gasteiger partial charge < -0.3 is 5.73 Å². The van der Waals surface area contributed by atoms with Crippen LogP contribution in [0.1, 0.15) is 11.1 Å². The van der Waals surface area contributed by atoms with E-state index < -0.39 is 0 Å². The van der Waals surface area contributed by atoms with E-state index >= 15 is 0 Å². The minimum absolute atomic E-state index is 0.898. The van der Waals surface area contributed by atoms with Crippen molar-refractivity contribution in [3.8, 4) is 0 Å². The molecule has 1 rings (SSSR count).